The number of piperazine rings is 1. The molecule has 5 aliphatic heterocycles. The summed E-state index contributed by atoms with van der Waals surface area (Å²) in [5.74, 6) is 1.67. The molecule has 6 amide bonds. The summed E-state index contributed by atoms with van der Waals surface area (Å²) >= 11 is 1.69. The number of piperidine rings is 3. The fourth-order valence-electron chi connectivity index (χ4n) is 9.99. The number of likely N-dealkylation sites (tertiary alicyclic amines) is 1. The van der Waals surface area contributed by atoms with E-state index in [2.05, 4.69) is 25.4 Å². The molecular weight excluding hydrogens is 855 g/mol. The molecule has 0 aliphatic carbocycles. The zero-order valence-electron chi connectivity index (χ0n) is 37.9. The second-order valence-electron chi connectivity index (χ2n) is 18.2. The minimum atomic E-state index is -0.625. The minimum Gasteiger partial charge on any atom is -0.357 e. The van der Waals surface area contributed by atoms with Crippen LogP contribution in [-0.2, 0) is 25.7 Å². The van der Waals surface area contributed by atoms with Crippen molar-refractivity contribution in [2.45, 2.75) is 101 Å². The maximum absolute atomic E-state index is 13.4. The van der Waals surface area contributed by atoms with Gasteiger partial charge in [0.05, 0.1) is 5.56 Å². The van der Waals surface area contributed by atoms with Gasteiger partial charge >= 0.3 is 0 Å². The summed E-state index contributed by atoms with van der Waals surface area (Å²) in [6.45, 7) is 7.64. The summed E-state index contributed by atoms with van der Waals surface area (Å²) in [7, 11) is 0. The molecule has 3 aromatic rings. The van der Waals surface area contributed by atoms with Gasteiger partial charge in [0.1, 0.15) is 11.9 Å². The molecule has 2 aromatic heterocycles. The highest BCUT2D eigenvalue weighted by molar-refractivity contribution is 7.99. The number of nitrogens with one attached hydrogen (secondary N) is 2. The van der Waals surface area contributed by atoms with E-state index >= 15 is 0 Å². The molecule has 0 spiro atoms. The number of carbonyl (C=O) groups is 6. The number of aromatic nitrogens is 2. The Morgan fingerprint density at radius 3 is 2.38 bits per heavy atom. The predicted octanol–water partition coefficient (Wildman–Crippen LogP) is 5.17. The van der Waals surface area contributed by atoms with E-state index in [1.54, 1.807) is 47.4 Å². The van der Waals surface area contributed by atoms with Gasteiger partial charge in [0.2, 0.25) is 23.6 Å². The van der Waals surface area contributed by atoms with Crippen molar-refractivity contribution in [2.75, 3.05) is 69.6 Å². The predicted molar refractivity (Wildman–Crippen MR) is 253 cm³/mol. The molecule has 1 aromatic carbocycles. The van der Waals surface area contributed by atoms with Gasteiger partial charge in [-0.05, 0) is 111 Å². The molecule has 2 N–H and O–H groups in total. The van der Waals surface area contributed by atoms with E-state index in [4.69, 9.17) is 4.98 Å². The van der Waals surface area contributed by atoms with E-state index < -0.39 is 11.9 Å². The Bertz CT molecular complexity index is 2220. The number of nitrogens with zero attached hydrogens (tertiary/aromatic N) is 7. The number of carbonyl (C=O) groups excluding carboxylic acids is 6. The first-order valence-corrected chi connectivity index (χ1v) is 25.0. The Morgan fingerprint density at radius 2 is 1.64 bits per heavy atom. The number of unbranched alkanes of at least 4 members (excludes halogenated alkanes) is 2. The Hall–Kier alpha value is -5.61. The average molecular weight is 918 g/mol. The number of pyridine rings is 2. The SMILES string of the molecule is O=C(/C=C/c1cccnc1)NCCCCC1CCN(C(=O)c2ccc(N3CCC(N4CCN(C(=O)CCCCSc5cccc6c5CN(C5CCC(=O)NC5=O)C6=O)CC4)CC3)nc2)CC1. The van der Waals surface area contributed by atoms with Gasteiger partial charge in [-0.2, -0.15) is 0 Å². The van der Waals surface area contributed by atoms with Crippen molar-refractivity contribution in [3.63, 3.8) is 0 Å². The molecule has 15 nitrogen and oxygen atoms in total. The first kappa shape index (κ1) is 46.9. The summed E-state index contributed by atoms with van der Waals surface area (Å²) in [6, 6.07) is 13.2. The Kier molecular flexibility index (Phi) is 16.2. The van der Waals surface area contributed by atoms with Crippen molar-refractivity contribution in [1.29, 1.82) is 0 Å². The van der Waals surface area contributed by atoms with Gasteiger partial charge in [0.15, 0.2) is 0 Å². The smallest absolute Gasteiger partial charge is 0.255 e. The molecule has 4 saturated heterocycles. The van der Waals surface area contributed by atoms with Crippen molar-refractivity contribution in [3.8, 4) is 0 Å². The monoisotopic (exact) mass is 917 g/mol. The Morgan fingerprint density at radius 1 is 0.818 bits per heavy atom. The fourth-order valence-corrected chi connectivity index (χ4v) is 11.1. The highest BCUT2D eigenvalue weighted by Crippen LogP contribution is 2.35. The van der Waals surface area contributed by atoms with Crippen LogP contribution in [0.4, 0.5) is 5.82 Å². The number of amides is 6. The molecule has 1 unspecified atom stereocenters. The lowest BCUT2D eigenvalue weighted by atomic mass is 9.91. The topological polar surface area (TPSA) is 168 Å². The molecule has 7 heterocycles. The molecule has 8 rings (SSSR count). The van der Waals surface area contributed by atoms with E-state index in [-0.39, 0.29) is 36.0 Å². The molecule has 1 atom stereocenters. The molecule has 4 fully saturated rings. The third-order valence-corrected chi connectivity index (χ3v) is 15.1. The summed E-state index contributed by atoms with van der Waals surface area (Å²) in [5, 5.41) is 5.33. The van der Waals surface area contributed by atoms with Gasteiger partial charge in [-0.3, -0.25) is 44.0 Å². The van der Waals surface area contributed by atoms with Crippen LogP contribution in [0.1, 0.15) is 109 Å². The van der Waals surface area contributed by atoms with Gasteiger partial charge in [-0.15, -0.1) is 11.8 Å². The number of rotatable bonds is 17. The summed E-state index contributed by atoms with van der Waals surface area (Å²) in [6.07, 6.45) is 18.5. The maximum atomic E-state index is 13.4. The van der Waals surface area contributed by atoms with Crippen LogP contribution >= 0.6 is 11.8 Å². The van der Waals surface area contributed by atoms with Crippen LogP contribution in [0.25, 0.3) is 6.08 Å². The minimum absolute atomic E-state index is 0.0539. The van der Waals surface area contributed by atoms with Crippen molar-refractivity contribution >= 4 is 59.1 Å². The van der Waals surface area contributed by atoms with Gasteiger partial charge < -0.3 is 24.9 Å². The lowest BCUT2D eigenvalue weighted by molar-refractivity contribution is -0.137. The standard InChI is InChI=1S/C50H63N9O6S/c60-45(16-12-37-8-6-22-51-33-37)52-23-3-1-7-36-18-24-58(25-19-36)49(64)38-13-15-44(53-34-38)56-26-20-39(21-27-56)55-28-30-57(31-29-55)47(62)11-2-4-32-66-43-10-5-9-40-41(43)35-59(50(40)65)42-14-17-46(61)54-48(42)63/h5-6,8-10,12-13,15-16,22,33-34,36,39,42H,1-4,7,11,14,17-21,23-32,35H2,(H,52,60)(H,54,61,63)/b16-12+. The van der Waals surface area contributed by atoms with E-state index in [0.717, 1.165) is 138 Å². The highest BCUT2D eigenvalue weighted by Gasteiger charge is 2.40. The second kappa shape index (κ2) is 22.7. The molecule has 16 heteroatoms. The van der Waals surface area contributed by atoms with Crippen molar-refractivity contribution in [3.05, 3.63) is 89.4 Å². The summed E-state index contributed by atoms with van der Waals surface area (Å²) < 4.78 is 0. The molecule has 66 heavy (non-hydrogen) atoms. The number of hydrogen-bond donors (Lipinski definition) is 2. The number of thioether (sulfide) groups is 1. The van der Waals surface area contributed by atoms with Gasteiger partial charge in [0, 0.05) is 119 Å². The highest BCUT2D eigenvalue weighted by atomic mass is 32.2. The van der Waals surface area contributed by atoms with Crippen LogP contribution < -0.4 is 15.5 Å². The third kappa shape index (κ3) is 12.0. The lowest BCUT2D eigenvalue weighted by Crippen LogP contribution is -2.54. The Balaban J connectivity index is 0.671. The summed E-state index contributed by atoms with van der Waals surface area (Å²) in [4.78, 5) is 96.2. The second-order valence-corrected chi connectivity index (χ2v) is 19.3. The number of benzene rings is 1. The molecule has 5 aliphatic rings. The number of fused-ring (bicyclic) bond motifs is 1. The normalized spacial score (nSPS) is 19.9. The first-order chi connectivity index (χ1) is 32.2. The first-order valence-electron chi connectivity index (χ1n) is 24.0. The third-order valence-electron chi connectivity index (χ3n) is 13.9. The number of imide groups is 1. The number of anilines is 1. The molecule has 0 radical (unpaired) electrons. The van der Waals surface area contributed by atoms with Crippen LogP contribution in [0.15, 0.2) is 72.0 Å². The van der Waals surface area contributed by atoms with Gasteiger partial charge in [-0.1, -0.05) is 25.0 Å². The Labute approximate surface area is 392 Å². The fraction of sp³-hybridized carbons (Fsp3) is 0.520. The molecule has 350 valence electrons. The van der Waals surface area contributed by atoms with E-state index in [1.807, 2.05) is 52.3 Å². The van der Waals surface area contributed by atoms with E-state index in [9.17, 15) is 28.8 Å². The van der Waals surface area contributed by atoms with Crippen LogP contribution in [-0.4, -0.2) is 142 Å². The maximum Gasteiger partial charge on any atom is 0.255 e. The zero-order valence-corrected chi connectivity index (χ0v) is 38.7. The van der Waals surface area contributed by atoms with Crippen LogP contribution in [0.3, 0.4) is 0 Å². The molecule has 0 bridgehead atoms. The quantitative estimate of drug-likeness (QED) is 0.0794. The average Bonchev–Trinajstić information content (AvgIpc) is 3.69. The van der Waals surface area contributed by atoms with Crippen molar-refractivity contribution < 1.29 is 28.8 Å². The van der Waals surface area contributed by atoms with Crippen LogP contribution in [0.5, 0.6) is 0 Å². The van der Waals surface area contributed by atoms with E-state index in [0.29, 0.717) is 49.0 Å². The van der Waals surface area contributed by atoms with Crippen molar-refractivity contribution in [2.24, 2.45) is 5.92 Å². The molecule has 0 saturated carbocycles. The lowest BCUT2D eigenvalue weighted by Gasteiger charge is -2.43. The van der Waals surface area contributed by atoms with Crippen LogP contribution in [0, 0.1) is 5.92 Å². The van der Waals surface area contributed by atoms with Gasteiger partial charge in [-0.25, -0.2) is 4.98 Å². The largest absolute Gasteiger partial charge is 0.357 e. The summed E-state index contributed by atoms with van der Waals surface area (Å²) in [5.41, 5.74) is 3.10. The number of hydrogen-bond acceptors (Lipinski definition) is 11. The zero-order chi connectivity index (χ0) is 45.8. The van der Waals surface area contributed by atoms with Crippen molar-refractivity contribution in [1.82, 2.24) is 40.2 Å². The van der Waals surface area contributed by atoms with E-state index in [1.165, 1.54) is 0 Å². The molecular formula is C50H63N9O6S. The van der Waals surface area contributed by atoms with Crippen LogP contribution in [0.2, 0.25) is 0 Å². The van der Waals surface area contributed by atoms with Gasteiger partial charge in [0.25, 0.3) is 11.8 Å².